The summed E-state index contributed by atoms with van der Waals surface area (Å²) in [6, 6.07) is 11.7. The molecule has 0 radical (unpaired) electrons. The summed E-state index contributed by atoms with van der Waals surface area (Å²) < 4.78 is 29.0. The first kappa shape index (κ1) is 17.1. The lowest BCUT2D eigenvalue weighted by atomic mass is 9.60. The van der Waals surface area contributed by atoms with Crippen LogP contribution in [0, 0.1) is 11.6 Å². The van der Waals surface area contributed by atoms with E-state index in [2.05, 4.69) is 38.1 Å². The summed E-state index contributed by atoms with van der Waals surface area (Å²) in [5.41, 5.74) is 3.22. The monoisotopic (exact) mass is 328 g/mol. The average molecular weight is 328 g/mol. The second-order valence-corrected chi connectivity index (χ2v) is 7.72. The summed E-state index contributed by atoms with van der Waals surface area (Å²) in [6.45, 7) is 7.99. The largest absolute Gasteiger partial charge is 0.207 e. The highest BCUT2D eigenvalue weighted by Crippen LogP contribution is 2.49. The van der Waals surface area contributed by atoms with Crippen LogP contribution in [0.1, 0.15) is 81.0 Å². The van der Waals surface area contributed by atoms with E-state index in [0.29, 0.717) is 5.92 Å². The van der Waals surface area contributed by atoms with Crippen LogP contribution in [0.4, 0.5) is 8.78 Å². The van der Waals surface area contributed by atoms with Crippen LogP contribution in [-0.2, 0) is 5.41 Å². The third kappa shape index (κ3) is 2.76. The molecule has 128 valence electrons. The van der Waals surface area contributed by atoms with Crippen LogP contribution in [0.15, 0.2) is 36.4 Å². The summed E-state index contributed by atoms with van der Waals surface area (Å²) >= 11 is 0. The minimum absolute atomic E-state index is 0.151. The van der Waals surface area contributed by atoms with Crippen LogP contribution >= 0.6 is 0 Å². The molecule has 3 rings (SSSR count). The first-order valence-corrected chi connectivity index (χ1v) is 8.95. The molecule has 0 spiro atoms. The van der Waals surface area contributed by atoms with E-state index >= 15 is 0 Å². The van der Waals surface area contributed by atoms with E-state index in [9.17, 15) is 8.78 Å². The minimum Gasteiger partial charge on any atom is -0.207 e. The molecule has 0 bridgehead atoms. The van der Waals surface area contributed by atoms with Crippen LogP contribution in [0.3, 0.4) is 0 Å². The molecule has 1 saturated carbocycles. The van der Waals surface area contributed by atoms with E-state index in [1.165, 1.54) is 11.1 Å². The van der Waals surface area contributed by atoms with Crippen LogP contribution in [0.25, 0.3) is 0 Å². The maximum Gasteiger partial charge on any atom is 0.129 e. The Morgan fingerprint density at radius 1 is 0.792 bits per heavy atom. The smallest absolute Gasteiger partial charge is 0.129 e. The zero-order valence-electron chi connectivity index (χ0n) is 15.0. The predicted molar refractivity (Wildman–Crippen MR) is 95.6 cm³/mol. The van der Waals surface area contributed by atoms with Gasteiger partial charge in [0.1, 0.15) is 11.6 Å². The van der Waals surface area contributed by atoms with Gasteiger partial charge in [0, 0.05) is 11.0 Å². The molecule has 0 unspecified atom stereocenters. The van der Waals surface area contributed by atoms with Gasteiger partial charge in [0.05, 0.1) is 0 Å². The molecule has 1 aliphatic carbocycles. The van der Waals surface area contributed by atoms with Crippen molar-refractivity contribution in [2.75, 3.05) is 0 Å². The molecule has 0 amide bonds. The lowest BCUT2D eigenvalue weighted by Crippen LogP contribution is -2.35. The molecule has 0 saturated heterocycles. The number of rotatable bonds is 4. The van der Waals surface area contributed by atoms with Gasteiger partial charge >= 0.3 is 0 Å². The minimum atomic E-state index is -0.412. The molecular weight excluding hydrogens is 302 g/mol. The Labute approximate surface area is 143 Å². The van der Waals surface area contributed by atoms with Crippen molar-refractivity contribution in [2.24, 2.45) is 0 Å². The molecule has 0 atom stereocenters. The third-order valence-corrected chi connectivity index (χ3v) is 5.55. The lowest BCUT2D eigenvalue weighted by molar-refractivity contribution is 0.299. The van der Waals surface area contributed by atoms with Crippen molar-refractivity contribution < 1.29 is 8.78 Å². The van der Waals surface area contributed by atoms with Crippen molar-refractivity contribution >= 4 is 0 Å². The van der Waals surface area contributed by atoms with E-state index in [1.807, 2.05) is 13.8 Å². The Balaban J connectivity index is 2.05. The Morgan fingerprint density at radius 2 is 1.33 bits per heavy atom. The van der Waals surface area contributed by atoms with Gasteiger partial charge < -0.3 is 0 Å². The molecule has 0 aliphatic heterocycles. The second kappa shape index (κ2) is 6.31. The number of benzene rings is 2. The van der Waals surface area contributed by atoms with E-state index in [1.54, 1.807) is 12.1 Å². The average Bonchev–Trinajstić information content (AvgIpc) is 2.45. The fraction of sp³-hybridized carbons (Fsp3) is 0.455. The Morgan fingerprint density at radius 3 is 1.71 bits per heavy atom. The maximum absolute atomic E-state index is 14.5. The van der Waals surface area contributed by atoms with E-state index in [4.69, 9.17) is 0 Å². The van der Waals surface area contributed by atoms with Gasteiger partial charge in [-0.1, -0.05) is 58.4 Å². The second-order valence-electron chi connectivity index (χ2n) is 7.72. The maximum atomic E-state index is 14.5. The molecule has 2 aromatic rings. The first-order chi connectivity index (χ1) is 11.3. The van der Waals surface area contributed by atoms with Gasteiger partial charge in [-0.15, -0.1) is 0 Å². The first-order valence-electron chi connectivity index (χ1n) is 8.95. The molecule has 0 nitrogen and oxygen atoms in total. The molecule has 0 N–H and O–H groups in total. The topological polar surface area (TPSA) is 0 Å². The van der Waals surface area contributed by atoms with Gasteiger partial charge in [0.25, 0.3) is 0 Å². The fourth-order valence-electron chi connectivity index (χ4n) is 3.87. The van der Waals surface area contributed by atoms with Crippen molar-refractivity contribution in [1.82, 2.24) is 0 Å². The van der Waals surface area contributed by atoms with Crippen molar-refractivity contribution in [1.29, 1.82) is 0 Å². The van der Waals surface area contributed by atoms with E-state index < -0.39 is 11.6 Å². The molecular formula is C22H26F2. The van der Waals surface area contributed by atoms with Crippen LogP contribution < -0.4 is 0 Å². The molecule has 1 aliphatic rings. The molecule has 2 aromatic carbocycles. The summed E-state index contributed by atoms with van der Waals surface area (Å²) in [5.74, 6) is -0.492. The Kier molecular flexibility index (Phi) is 4.50. The molecule has 2 heteroatoms. The zero-order valence-corrected chi connectivity index (χ0v) is 15.0. The highest BCUT2D eigenvalue weighted by Gasteiger charge is 2.41. The van der Waals surface area contributed by atoms with Crippen LogP contribution in [0.5, 0.6) is 0 Å². The van der Waals surface area contributed by atoms with Crippen molar-refractivity contribution in [3.05, 3.63) is 70.3 Å². The molecule has 0 heterocycles. The van der Waals surface area contributed by atoms with Gasteiger partial charge in [-0.25, -0.2) is 8.78 Å². The predicted octanol–water partition coefficient (Wildman–Crippen LogP) is 6.68. The highest BCUT2D eigenvalue weighted by molar-refractivity contribution is 5.45. The van der Waals surface area contributed by atoms with Crippen LogP contribution in [0.2, 0.25) is 0 Å². The number of hydrogen-bond donors (Lipinski definition) is 0. The lowest BCUT2D eigenvalue weighted by Gasteiger charge is -2.43. The standard InChI is InChI=1S/C22H26F2/c1-14(2)16-6-8-17(9-7-16)22(10-5-11-22)18-12-19(23)21(15(3)4)20(24)13-18/h6-9,12-15H,5,10-11H2,1-4H3. The Hall–Kier alpha value is -1.70. The molecule has 24 heavy (non-hydrogen) atoms. The van der Waals surface area contributed by atoms with Gasteiger partial charge in [0.2, 0.25) is 0 Å². The normalized spacial score (nSPS) is 16.5. The van der Waals surface area contributed by atoms with Crippen molar-refractivity contribution in [3.63, 3.8) is 0 Å². The highest BCUT2D eigenvalue weighted by atomic mass is 19.1. The van der Waals surface area contributed by atoms with Gasteiger partial charge in [-0.3, -0.25) is 0 Å². The van der Waals surface area contributed by atoms with Crippen molar-refractivity contribution in [3.8, 4) is 0 Å². The van der Waals surface area contributed by atoms with Crippen LogP contribution in [-0.4, -0.2) is 0 Å². The third-order valence-electron chi connectivity index (χ3n) is 5.55. The quantitative estimate of drug-likeness (QED) is 0.587. The fourth-order valence-corrected chi connectivity index (χ4v) is 3.87. The van der Waals surface area contributed by atoms with Crippen molar-refractivity contribution in [2.45, 2.75) is 64.2 Å². The summed E-state index contributed by atoms with van der Waals surface area (Å²) in [7, 11) is 0. The molecule has 0 aromatic heterocycles. The van der Waals surface area contributed by atoms with Gasteiger partial charge in [-0.05, 0) is 53.5 Å². The summed E-state index contributed by atoms with van der Waals surface area (Å²) in [4.78, 5) is 0. The summed E-state index contributed by atoms with van der Waals surface area (Å²) in [6.07, 6.45) is 3.00. The van der Waals surface area contributed by atoms with E-state index in [0.717, 1.165) is 24.8 Å². The zero-order chi connectivity index (χ0) is 17.5. The number of hydrogen-bond acceptors (Lipinski definition) is 0. The number of halogens is 2. The SMILES string of the molecule is CC(C)c1ccc(C2(c3cc(F)c(C(C)C)c(F)c3)CCC2)cc1. The van der Waals surface area contributed by atoms with Gasteiger partial charge in [0.15, 0.2) is 0 Å². The van der Waals surface area contributed by atoms with Gasteiger partial charge in [-0.2, -0.15) is 0 Å². The van der Waals surface area contributed by atoms with E-state index in [-0.39, 0.29) is 16.9 Å². The Bertz CT molecular complexity index is 699. The summed E-state index contributed by atoms with van der Waals surface area (Å²) in [5, 5.41) is 0. The molecule has 1 fully saturated rings.